The van der Waals surface area contributed by atoms with Crippen molar-refractivity contribution in [3.8, 4) is 0 Å². The molecule has 1 unspecified atom stereocenters. The van der Waals surface area contributed by atoms with Gasteiger partial charge in [-0.15, -0.1) is 21.5 Å². The average molecular weight is 377 g/mol. The Labute approximate surface area is 159 Å². The molecule has 3 rings (SSSR count). The Bertz CT molecular complexity index is 711. The van der Waals surface area contributed by atoms with Crippen LogP contribution in [0.1, 0.15) is 22.9 Å². The van der Waals surface area contributed by atoms with Crippen molar-refractivity contribution in [1.29, 1.82) is 0 Å². The molecule has 1 aliphatic heterocycles. The minimum atomic E-state index is 0.532. The first-order valence-electron chi connectivity index (χ1n) is 9.07. The van der Waals surface area contributed by atoms with Crippen molar-refractivity contribution in [2.75, 3.05) is 33.4 Å². The molecule has 1 aliphatic rings. The third-order valence-corrected chi connectivity index (χ3v) is 5.71. The molecule has 0 spiro atoms. The van der Waals surface area contributed by atoms with Gasteiger partial charge in [0, 0.05) is 44.6 Å². The van der Waals surface area contributed by atoms with Gasteiger partial charge in [0.1, 0.15) is 12.4 Å². The van der Waals surface area contributed by atoms with Gasteiger partial charge in [0.15, 0.2) is 11.8 Å². The second-order valence-electron chi connectivity index (χ2n) is 6.67. The van der Waals surface area contributed by atoms with E-state index in [1.165, 1.54) is 4.88 Å². The monoisotopic (exact) mass is 376 g/mol. The Kier molecular flexibility index (Phi) is 6.62. The molecule has 8 heteroatoms. The number of hydrogen-bond acceptors (Lipinski definition) is 5. The summed E-state index contributed by atoms with van der Waals surface area (Å²) in [5, 5.41) is 14.0. The highest BCUT2D eigenvalue weighted by Crippen LogP contribution is 2.17. The second kappa shape index (κ2) is 9.14. The van der Waals surface area contributed by atoms with Gasteiger partial charge >= 0.3 is 0 Å². The SMILES string of the molecule is COCC1CCN(C(=NCc2nnc(C)n2C)NCCc2cccs2)C1. The summed E-state index contributed by atoms with van der Waals surface area (Å²) in [6, 6.07) is 4.27. The molecule has 7 nitrogen and oxygen atoms in total. The fourth-order valence-corrected chi connectivity index (χ4v) is 3.86. The van der Waals surface area contributed by atoms with Crippen LogP contribution in [0.4, 0.5) is 0 Å². The summed E-state index contributed by atoms with van der Waals surface area (Å²) in [6.45, 7) is 6.16. The molecular weight excluding hydrogens is 348 g/mol. The van der Waals surface area contributed by atoms with Gasteiger partial charge < -0.3 is 19.5 Å². The highest BCUT2D eigenvalue weighted by Gasteiger charge is 2.25. The fourth-order valence-electron chi connectivity index (χ4n) is 3.15. The Morgan fingerprint density at radius 2 is 2.35 bits per heavy atom. The molecular formula is C18H28N6OS. The Balaban J connectivity index is 1.64. The lowest BCUT2D eigenvalue weighted by Crippen LogP contribution is -2.41. The normalized spacial score (nSPS) is 17.9. The summed E-state index contributed by atoms with van der Waals surface area (Å²) in [5.41, 5.74) is 0. The Morgan fingerprint density at radius 3 is 3.04 bits per heavy atom. The number of methoxy groups -OCH3 is 1. The molecule has 0 radical (unpaired) electrons. The molecule has 0 bridgehead atoms. The van der Waals surface area contributed by atoms with Crippen LogP contribution in [0.15, 0.2) is 22.5 Å². The predicted octanol–water partition coefficient (Wildman–Crippen LogP) is 1.84. The number of likely N-dealkylation sites (tertiary alicyclic amines) is 1. The van der Waals surface area contributed by atoms with Gasteiger partial charge in [0.2, 0.25) is 0 Å². The molecule has 2 aromatic rings. The largest absolute Gasteiger partial charge is 0.384 e. The zero-order valence-electron chi connectivity index (χ0n) is 15.8. The van der Waals surface area contributed by atoms with Crippen molar-refractivity contribution < 1.29 is 4.74 Å². The van der Waals surface area contributed by atoms with E-state index >= 15 is 0 Å². The van der Waals surface area contributed by atoms with Crippen molar-refractivity contribution in [3.63, 3.8) is 0 Å². The number of guanidine groups is 1. The first-order chi connectivity index (χ1) is 12.7. The Hall–Kier alpha value is -1.93. The van der Waals surface area contributed by atoms with Gasteiger partial charge in [0.25, 0.3) is 0 Å². The van der Waals surface area contributed by atoms with E-state index in [-0.39, 0.29) is 0 Å². The van der Waals surface area contributed by atoms with Crippen LogP contribution in [0.3, 0.4) is 0 Å². The van der Waals surface area contributed by atoms with Crippen molar-refractivity contribution in [3.05, 3.63) is 34.0 Å². The van der Waals surface area contributed by atoms with Gasteiger partial charge in [-0.05, 0) is 31.2 Å². The van der Waals surface area contributed by atoms with E-state index in [2.05, 4.69) is 37.9 Å². The van der Waals surface area contributed by atoms with Gasteiger partial charge in [-0.3, -0.25) is 0 Å². The molecule has 0 aliphatic carbocycles. The number of hydrogen-bond donors (Lipinski definition) is 1. The summed E-state index contributed by atoms with van der Waals surface area (Å²) in [4.78, 5) is 8.56. The summed E-state index contributed by atoms with van der Waals surface area (Å²) in [7, 11) is 3.75. The minimum Gasteiger partial charge on any atom is -0.384 e. The standard InChI is InChI=1S/C18H28N6OS/c1-14-21-22-17(23(14)2)11-20-18(19-8-6-16-5-4-10-26-16)24-9-7-15(12-24)13-25-3/h4-5,10,15H,6-9,11-13H2,1-3H3,(H,19,20). The lowest BCUT2D eigenvalue weighted by atomic mass is 10.1. The third kappa shape index (κ3) is 4.82. The third-order valence-electron chi connectivity index (χ3n) is 4.78. The van der Waals surface area contributed by atoms with E-state index < -0.39 is 0 Å². The molecule has 0 saturated carbocycles. The first-order valence-corrected chi connectivity index (χ1v) is 9.94. The van der Waals surface area contributed by atoms with Crippen molar-refractivity contribution in [1.82, 2.24) is 25.0 Å². The maximum Gasteiger partial charge on any atom is 0.194 e. The van der Waals surface area contributed by atoms with Crippen molar-refractivity contribution in [2.24, 2.45) is 18.0 Å². The van der Waals surface area contributed by atoms with E-state index in [1.54, 1.807) is 18.4 Å². The highest BCUT2D eigenvalue weighted by molar-refractivity contribution is 7.09. The number of thiophene rings is 1. The van der Waals surface area contributed by atoms with E-state index in [4.69, 9.17) is 9.73 Å². The van der Waals surface area contributed by atoms with Crippen LogP contribution in [-0.2, 0) is 24.8 Å². The van der Waals surface area contributed by atoms with Crippen LogP contribution < -0.4 is 5.32 Å². The number of rotatable bonds is 7. The van der Waals surface area contributed by atoms with E-state index in [0.717, 1.165) is 56.7 Å². The fraction of sp³-hybridized carbons (Fsp3) is 0.611. The predicted molar refractivity (Wildman–Crippen MR) is 104 cm³/mol. The van der Waals surface area contributed by atoms with Gasteiger partial charge in [-0.25, -0.2) is 4.99 Å². The van der Waals surface area contributed by atoms with Crippen LogP contribution in [0.2, 0.25) is 0 Å². The van der Waals surface area contributed by atoms with E-state index in [9.17, 15) is 0 Å². The van der Waals surface area contributed by atoms with Crippen LogP contribution >= 0.6 is 11.3 Å². The summed E-state index contributed by atoms with van der Waals surface area (Å²) >= 11 is 1.80. The zero-order chi connectivity index (χ0) is 18.4. The van der Waals surface area contributed by atoms with Crippen LogP contribution in [-0.4, -0.2) is 59.0 Å². The topological polar surface area (TPSA) is 67.6 Å². The summed E-state index contributed by atoms with van der Waals surface area (Å²) in [5.74, 6) is 3.32. The number of aliphatic imine (C=N–C) groups is 1. The summed E-state index contributed by atoms with van der Waals surface area (Å²) < 4.78 is 7.32. The maximum atomic E-state index is 5.32. The molecule has 2 aromatic heterocycles. The van der Waals surface area contributed by atoms with E-state index in [1.807, 2.05) is 18.5 Å². The zero-order valence-corrected chi connectivity index (χ0v) is 16.6. The molecule has 0 aromatic carbocycles. The molecule has 3 heterocycles. The summed E-state index contributed by atoms with van der Waals surface area (Å²) in [6.07, 6.45) is 2.15. The number of aryl methyl sites for hydroxylation is 1. The number of ether oxygens (including phenoxy) is 1. The van der Waals surface area contributed by atoms with Crippen molar-refractivity contribution >= 4 is 17.3 Å². The van der Waals surface area contributed by atoms with Gasteiger partial charge in [-0.1, -0.05) is 6.07 Å². The second-order valence-corrected chi connectivity index (χ2v) is 7.71. The molecule has 26 heavy (non-hydrogen) atoms. The van der Waals surface area contributed by atoms with Gasteiger partial charge in [0.05, 0.1) is 6.61 Å². The molecule has 1 N–H and O–H groups in total. The van der Waals surface area contributed by atoms with Crippen LogP contribution in [0.5, 0.6) is 0 Å². The number of aromatic nitrogens is 3. The quantitative estimate of drug-likeness (QED) is 0.590. The lowest BCUT2D eigenvalue weighted by molar-refractivity contribution is 0.157. The molecule has 142 valence electrons. The highest BCUT2D eigenvalue weighted by atomic mass is 32.1. The minimum absolute atomic E-state index is 0.532. The Morgan fingerprint density at radius 1 is 1.46 bits per heavy atom. The molecule has 1 fully saturated rings. The maximum absolute atomic E-state index is 5.32. The smallest absolute Gasteiger partial charge is 0.194 e. The molecule has 1 saturated heterocycles. The van der Waals surface area contributed by atoms with Gasteiger partial charge in [-0.2, -0.15) is 0 Å². The number of nitrogens with one attached hydrogen (secondary N) is 1. The molecule has 0 amide bonds. The lowest BCUT2D eigenvalue weighted by Gasteiger charge is -2.22. The average Bonchev–Trinajstić information content (AvgIpc) is 3.36. The first kappa shape index (κ1) is 18.8. The molecule has 1 atom stereocenters. The number of nitrogens with zero attached hydrogens (tertiary/aromatic N) is 5. The van der Waals surface area contributed by atoms with Crippen molar-refractivity contribution in [2.45, 2.75) is 26.3 Å². The van der Waals surface area contributed by atoms with E-state index in [0.29, 0.717) is 12.5 Å². The van der Waals surface area contributed by atoms with Crippen LogP contribution in [0, 0.1) is 12.8 Å². The van der Waals surface area contributed by atoms with Crippen LogP contribution in [0.25, 0.3) is 0 Å².